The first-order chi connectivity index (χ1) is 10.1. The number of hydrogen-bond acceptors (Lipinski definition) is 5. The Kier molecular flexibility index (Phi) is 3.74. The van der Waals surface area contributed by atoms with E-state index in [2.05, 4.69) is 10.5 Å². The molecule has 1 aliphatic rings. The molecule has 110 valence electrons. The Hall–Kier alpha value is -2.15. The number of fused-ring (bicyclic) bond motifs is 1. The van der Waals surface area contributed by atoms with Crippen LogP contribution in [0.2, 0.25) is 0 Å². The van der Waals surface area contributed by atoms with Gasteiger partial charge in [0, 0.05) is 30.8 Å². The number of carbonyl (C=O) groups excluding carboxylic acids is 2. The summed E-state index contributed by atoms with van der Waals surface area (Å²) in [6.45, 7) is 2.88. The Morgan fingerprint density at radius 3 is 3.10 bits per heavy atom. The van der Waals surface area contributed by atoms with Crippen LogP contribution in [0.15, 0.2) is 21.3 Å². The second-order valence-electron chi connectivity index (χ2n) is 4.93. The summed E-state index contributed by atoms with van der Waals surface area (Å²) in [5.74, 6) is 0.715. The van der Waals surface area contributed by atoms with Gasteiger partial charge in [-0.1, -0.05) is 5.16 Å². The molecule has 7 heteroatoms. The SMILES string of the molecule is CC(=O)NCc1noc2c1CN(C(=O)c1ccsc1)CC2. The molecule has 0 atom stereocenters. The quantitative estimate of drug-likeness (QED) is 0.934. The highest BCUT2D eigenvalue weighted by atomic mass is 32.1. The van der Waals surface area contributed by atoms with E-state index in [0.717, 1.165) is 11.3 Å². The van der Waals surface area contributed by atoms with Crippen molar-refractivity contribution in [1.29, 1.82) is 0 Å². The molecule has 0 unspecified atom stereocenters. The third kappa shape index (κ3) is 2.82. The fraction of sp³-hybridized carbons (Fsp3) is 0.357. The largest absolute Gasteiger partial charge is 0.361 e. The van der Waals surface area contributed by atoms with Gasteiger partial charge in [-0.05, 0) is 11.4 Å². The first kappa shape index (κ1) is 13.8. The van der Waals surface area contributed by atoms with Crippen molar-refractivity contribution in [2.75, 3.05) is 6.54 Å². The van der Waals surface area contributed by atoms with Gasteiger partial charge in [0.2, 0.25) is 5.91 Å². The van der Waals surface area contributed by atoms with Crippen LogP contribution in [0.25, 0.3) is 0 Å². The monoisotopic (exact) mass is 305 g/mol. The lowest BCUT2D eigenvalue weighted by molar-refractivity contribution is -0.119. The van der Waals surface area contributed by atoms with Crippen LogP contribution in [0.1, 0.15) is 34.3 Å². The lowest BCUT2D eigenvalue weighted by atomic mass is 10.1. The maximum atomic E-state index is 12.4. The molecule has 0 saturated carbocycles. The van der Waals surface area contributed by atoms with E-state index in [1.165, 1.54) is 18.3 Å². The Labute approximate surface area is 125 Å². The molecule has 3 heterocycles. The highest BCUT2D eigenvalue weighted by Crippen LogP contribution is 2.24. The minimum absolute atomic E-state index is 0.0218. The molecule has 0 radical (unpaired) electrons. The van der Waals surface area contributed by atoms with Crippen LogP contribution < -0.4 is 5.32 Å². The molecule has 0 aromatic carbocycles. The van der Waals surface area contributed by atoms with Crippen molar-refractivity contribution < 1.29 is 14.1 Å². The van der Waals surface area contributed by atoms with E-state index in [4.69, 9.17) is 4.52 Å². The first-order valence-corrected chi connectivity index (χ1v) is 7.61. The third-order valence-electron chi connectivity index (χ3n) is 3.47. The fourth-order valence-electron chi connectivity index (χ4n) is 2.35. The van der Waals surface area contributed by atoms with Gasteiger partial charge in [-0.15, -0.1) is 0 Å². The Morgan fingerprint density at radius 2 is 2.38 bits per heavy atom. The molecule has 3 rings (SSSR count). The molecule has 6 nitrogen and oxygen atoms in total. The summed E-state index contributed by atoms with van der Waals surface area (Å²) in [6, 6.07) is 1.83. The van der Waals surface area contributed by atoms with Gasteiger partial charge in [-0.3, -0.25) is 9.59 Å². The number of aromatic nitrogens is 1. The van der Waals surface area contributed by atoms with Gasteiger partial charge in [0.15, 0.2) is 0 Å². The topological polar surface area (TPSA) is 75.4 Å². The lowest BCUT2D eigenvalue weighted by Gasteiger charge is -2.26. The summed E-state index contributed by atoms with van der Waals surface area (Å²) in [5.41, 5.74) is 2.32. The Bertz CT molecular complexity index is 663. The fourth-order valence-corrected chi connectivity index (χ4v) is 2.98. The molecular weight excluding hydrogens is 290 g/mol. The smallest absolute Gasteiger partial charge is 0.255 e. The standard InChI is InChI=1S/C14H15N3O3S/c1-9(18)15-6-12-11-7-17(4-2-13(11)20-16-12)14(19)10-3-5-21-8-10/h3,5,8H,2,4,6-7H2,1H3,(H,15,18). The van der Waals surface area contributed by atoms with Crippen molar-refractivity contribution >= 4 is 23.2 Å². The Balaban J connectivity index is 1.76. The van der Waals surface area contributed by atoms with E-state index < -0.39 is 0 Å². The van der Waals surface area contributed by atoms with E-state index in [1.54, 1.807) is 4.90 Å². The van der Waals surface area contributed by atoms with Gasteiger partial charge in [0.05, 0.1) is 18.7 Å². The molecule has 0 fully saturated rings. The molecular formula is C14H15N3O3S. The van der Waals surface area contributed by atoms with Gasteiger partial charge >= 0.3 is 0 Å². The summed E-state index contributed by atoms with van der Waals surface area (Å²) < 4.78 is 5.30. The average molecular weight is 305 g/mol. The van der Waals surface area contributed by atoms with E-state index in [0.29, 0.717) is 37.3 Å². The predicted molar refractivity (Wildman–Crippen MR) is 76.8 cm³/mol. The van der Waals surface area contributed by atoms with Crippen LogP contribution in [0.3, 0.4) is 0 Å². The van der Waals surface area contributed by atoms with Crippen LogP contribution in [-0.4, -0.2) is 28.4 Å². The molecule has 1 aliphatic heterocycles. The van der Waals surface area contributed by atoms with Crippen molar-refractivity contribution in [3.05, 3.63) is 39.4 Å². The van der Waals surface area contributed by atoms with E-state index in [-0.39, 0.29) is 11.8 Å². The van der Waals surface area contributed by atoms with Crippen molar-refractivity contribution in [3.8, 4) is 0 Å². The summed E-state index contributed by atoms with van der Waals surface area (Å²) in [4.78, 5) is 25.2. The van der Waals surface area contributed by atoms with E-state index >= 15 is 0 Å². The molecule has 0 bridgehead atoms. The summed E-state index contributed by atoms with van der Waals surface area (Å²) in [5, 5.41) is 10.5. The van der Waals surface area contributed by atoms with Crippen molar-refractivity contribution in [1.82, 2.24) is 15.4 Å². The van der Waals surface area contributed by atoms with Gasteiger partial charge in [0.25, 0.3) is 5.91 Å². The molecule has 2 aromatic heterocycles. The van der Waals surface area contributed by atoms with Gasteiger partial charge in [-0.25, -0.2) is 0 Å². The van der Waals surface area contributed by atoms with E-state index in [9.17, 15) is 9.59 Å². The molecule has 0 spiro atoms. The van der Waals surface area contributed by atoms with Crippen LogP contribution in [0.5, 0.6) is 0 Å². The normalized spacial score (nSPS) is 13.9. The number of nitrogens with one attached hydrogen (secondary N) is 1. The Morgan fingerprint density at radius 1 is 1.52 bits per heavy atom. The van der Waals surface area contributed by atoms with Crippen molar-refractivity contribution in [2.24, 2.45) is 0 Å². The van der Waals surface area contributed by atoms with Crippen LogP contribution in [0, 0.1) is 0 Å². The summed E-state index contributed by atoms with van der Waals surface area (Å²) in [6.07, 6.45) is 0.651. The van der Waals surface area contributed by atoms with Crippen molar-refractivity contribution in [2.45, 2.75) is 26.4 Å². The maximum absolute atomic E-state index is 12.4. The zero-order valence-corrected chi connectivity index (χ0v) is 12.4. The zero-order chi connectivity index (χ0) is 14.8. The number of rotatable bonds is 3. The molecule has 0 aliphatic carbocycles. The number of nitrogens with zero attached hydrogens (tertiary/aromatic N) is 2. The average Bonchev–Trinajstić information content (AvgIpc) is 3.13. The lowest BCUT2D eigenvalue weighted by Crippen LogP contribution is -2.36. The van der Waals surface area contributed by atoms with Crippen LogP contribution in [-0.2, 0) is 24.3 Å². The predicted octanol–water partition coefficient (Wildman–Crippen LogP) is 1.57. The van der Waals surface area contributed by atoms with Gasteiger partial charge in [0.1, 0.15) is 11.5 Å². The number of thiophene rings is 1. The maximum Gasteiger partial charge on any atom is 0.255 e. The number of amides is 2. The molecule has 21 heavy (non-hydrogen) atoms. The van der Waals surface area contributed by atoms with Crippen LogP contribution >= 0.6 is 11.3 Å². The molecule has 1 N–H and O–H groups in total. The van der Waals surface area contributed by atoms with Crippen molar-refractivity contribution in [3.63, 3.8) is 0 Å². The first-order valence-electron chi connectivity index (χ1n) is 6.67. The second-order valence-corrected chi connectivity index (χ2v) is 5.71. The highest BCUT2D eigenvalue weighted by molar-refractivity contribution is 7.08. The minimum atomic E-state index is -0.117. The van der Waals surface area contributed by atoms with Gasteiger partial charge < -0.3 is 14.7 Å². The highest BCUT2D eigenvalue weighted by Gasteiger charge is 2.27. The number of hydrogen-bond donors (Lipinski definition) is 1. The zero-order valence-electron chi connectivity index (χ0n) is 11.6. The van der Waals surface area contributed by atoms with Crippen LogP contribution in [0.4, 0.5) is 0 Å². The summed E-state index contributed by atoms with van der Waals surface area (Å²) in [7, 11) is 0. The summed E-state index contributed by atoms with van der Waals surface area (Å²) >= 11 is 1.51. The molecule has 2 aromatic rings. The van der Waals surface area contributed by atoms with E-state index in [1.807, 2.05) is 16.8 Å². The molecule has 2 amide bonds. The molecule has 0 saturated heterocycles. The van der Waals surface area contributed by atoms with Gasteiger partial charge in [-0.2, -0.15) is 11.3 Å². The minimum Gasteiger partial charge on any atom is -0.361 e. The third-order valence-corrected chi connectivity index (χ3v) is 4.15. The second kappa shape index (κ2) is 5.69. The number of carbonyl (C=O) groups is 2.